The molecule has 0 amide bonds. The van der Waals surface area contributed by atoms with E-state index >= 15 is 0 Å². The van der Waals surface area contributed by atoms with Crippen molar-refractivity contribution in [2.75, 3.05) is 0 Å². The zero-order valence-corrected chi connectivity index (χ0v) is 45.4. The maximum absolute atomic E-state index is 2.58. The number of hydrogen-bond donors (Lipinski definition) is 0. The van der Waals surface area contributed by atoms with Gasteiger partial charge in [-0.1, -0.05) is 255 Å². The van der Waals surface area contributed by atoms with Crippen molar-refractivity contribution in [1.29, 1.82) is 0 Å². The SMILES string of the molecule is c1ccc(-c2ccc(-c3ccccc3)n2-c2ccc3c(-c4ccc5ccccc5c4)c4cc(-n5c(-c6ccccc6)ccc5-c5ccccc5)ccc4c(-c4ccc5c(c4)C4(c6ccccc6-c6ccccc64)c4ccccc4-5)c3c2)cc1. The van der Waals surface area contributed by atoms with E-state index in [2.05, 4.69) is 325 Å². The second-order valence-corrected chi connectivity index (χ2v) is 22.3. The van der Waals surface area contributed by atoms with Gasteiger partial charge >= 0.3 is 0 Å². The van der Waals surface area contributed by atoms with Crippen LogP contribution in [0.15, 0.2) is 315 Å². The van der Waals surface area contributed by atoms with Crippen LogP contribution < -0.4 is 0 Å². The summed E-state index contributed by atoms with van der Waals surface area (Å²) in [6, 6.07) is 118. The van der Waals surface area contributed by atoms with Crippen molar-refractivity contribution in [3.63, 3.8) is 0 Å². The average Bonchev–Trinajstić information content (AvgIpc) is 1.76. The van der Waals surface area contributed by atoms with E-state index in [-0.39, 0.29) is 0 Å². The van der Waals surface area contributed by atoms with Gasteiger partial charge in [0.05, 0.1) is 28.2 Å². The normalized spacial score (nSPS) is 12.7. The summed E-state index contributed by atoms with van der Waals surface area (Å²) < 4.78 is 4.94. The van der Waals surface area contributed by atoms with Gasteiger partial charge in [0.15, 0.2) is 0 Å². The molecule has 1 spiro atoms. The number of aromatic nitrogens is 2. The Balaban J connectivity index is 1.01. The monoisotopic (exact) mass is 1050 g/mol. The van der Waals surface area contributed by atoms with Crippen molar-refractivity contribution >= 4 is 32.3 Å². The highest BCUT2D eigenvalue weighted by molar-refractivity contribution is 6.23. The highest BCUT2D eigenvalue weighted by atomic mass is 15.0. The lowest BCUT2D eigenvalue weighted by Gasteiger charge is -2.31. The zero-order valence-electron chi connectivity index (χ0n) is 45.4. The topological polar surface area (TPSA) is 9.86 Å². The van der Waals surface area contributed by atoms with Gasteiger partial charge in [-0.25, -0.2) is 0 Å². The van der Waals surface area contributed by atoms with Gasteiger partial charge < -0.3 is 9.13 Å². The molecule has 83 heavy (non-hydrogen) atoms. The van der Waals surface area contributed by atoms with Crippen molar-refractivity contribution in [3.05, 3.63) is 338 Å². The van der Waals surface area contributed by atoms with E-state index in [1.807, 2.05) is 0 Å². The van der Waals surface area contributed by atoms with Crippen LogP contribution in [0.25, 0.3) is 133 Å². The van der Waals surface area contributed by atoms with Crippen molar-refractivity contribution in [3.8, 4) is 101 Å². The van der Waals surface area contributed by atoms with Crippen LogP contribution in [0.3, 0.4) is 0 Å². The van der Waals surface area contributed by atoms with Crippen molar-refractivity contribution in [2.45, 2.75) is 5.41 Å². The average molecular weight is 1050 g/mol. The number of fused-ring (bicyclic) bond motifs is 13. The van der Waals surface area contributed by atoms with E-state index in [4.69, 9.17) is 0 Å². The molecule has 0 saturated heterocycles. The Morgan fingerprint density at radius 2 is 0.554 bits per heavy atom. The van der Waals surface area contributed by atoms with Crippen LogP contribution in [0.4, 0.5) is 0 Å². The Hall–Kier alpha value is -10.8. The molecule has 0 aliphatic heterocycles. The van der Waals surface area contributed by atoms with Crippen LogP contribution in [-0.4, -0.2) is 9.13 Å². The van der Waals surface area contributed by atoms with E-state index < -0.39 is 5.41 Å². The molecule has 2 aliphatic carbocycles. The Kier molecular flexibility index (Phi) is 10.6. The molecule has 0 saturated carbocycles. The first-order valence-corrected chi connectivity index (χ1v) is 28.8. The zero-order chi connectivity index (χ0) is 54.6. The predicted molar refractivity (Wildman–Crippen MR) is 347 cm³/mol. The van der Waals surface area contributed by atoms with Gasteiger partial charge in [-0.2, -0.15) is 0 Å². The number of hydrogen-bond acceptors (Lipinski definition) is 0. The second kappa shape index (κ2) is 18.6. The first kappa shape index (κ1) is 47.1. The molecule has 2 nitrogen and oxygen atoms in total. The molecule has 0 fully saturated rings. The van der Waals surface area contributed by atoms with Gasteiger partial charge in [-0.3, -0.25) is 0 Å². The van der Waals surface area contributed by atoms with Gasteiger partial charge in [0.1, 0.15) is 0 Å². The van der Waals surface area contributed by atoms with E-state index in [0.717, 1.165) is 56.4 Å². The van der Waals surface area contributed by atoms with Gasteiger partial charge in [0.25, 0.3) is 0 Å². The largest absolute Gasteiger partial charge is 0.309 e. The quantitative estimate of drug-likeness (QED) is 0.134. The molecule has 2 heterocycles. The van der Waals surface area contributed by atoms with E-state index in [1.54, 1.807) is 0 Å². The fraction of sp³-hybridized carbons (Fsp3) is 0.0123. The van der Waals surface area contributed by atoms with Crippen LogP contribution in [0.2, 0.25) is 0 Å². The summed E-state index contributed by atoms with van der Waals surface area (Å²) in [5.41, 5.74) is 26.1. The van der Waals surface area contributed by atoms with Crippen LogP contribution in [-0.2, 0) is 5.41 Å². The molecule has 17 rings (SSSR count). The molecule has 0 N–H and O–H groups in total. The molecule has 0 bridgehead atoms. The molecular formula is C81H52N2. The van der Waals surface area contributed by atoms with Gasteiger partial charge in [-0.15, -0.1) is 0 Å². The molecule has 0 radical (unpaired) electrons. The minimum Gasteiger partial charge on any atom is -0.309 e. The molecule has 2 aromatic heterocycles. The Labute approximate surface area is 482 Å². The Morgan fingerprint density at radius 3 is 0.988 bits per heavy atom. The van der Waals surface area contributed by atoms with Crippen LogP contribution in [0, 0.1) is 0 Å². The van der Waals surface area contributed by atoms with Crippen molar-refractivity contribution in [2.24, 2.45) is 0 Å². The lowest BCUT2D eigenvalue weighted by molar-refractivity contribution is 0.794. The first-order valence-electron chi connectivity index (χ1n) is 28.8. The third-order valence-corrected chi connectivity index (χ3v) is 18.0. The fourth-order valence-electron chi connectivity index (χ4n) is 14.5. The molecule has 15 aromatic rings. The third kappa shape index (κ3) is 7.10. The number of nitrogens with zero attached hydrogens (tertiary/aromatic N) is 2. The summed E-state index contributed by atoms with van der Waals surface area (Å²) in [7, 11) is 0. The minimum absolute atomic E-state index is 0.513. The Bertz CT molecular complexity index is 4890. The Morgan fingerprint density at radius 1 is 0.205 bits per heavy atom. The highest BCUT2D eigenvalue weighted by Gasteiger charge is 2.51. The highest BCUT2D eigenvalue weighted by Crippen LogP contribution is 2.63. The second-order valence-electron chi connectivity index (χ2n) is 22.3. The fourth-order valence-corrected chi connectivity index (χ4v) is 14.5. The van der Waals surface area contributed by atoms with Gasteiger partial charge in [0, 0.05) is 11.4 Å². The predicted octanol–water partition coefficient (Wildman–Crippen LogP) is 21.1. The number of benzene rings is 13. The van der Waals surface area contributed by atoms with Crippen LogP contribution in [0.1, 0.15) is 22.3 Å². The standard InChI is InChI=1S/C81H52N2/c1-5-22-54(23-6-1)75-45-46-76(55-24-7-2-8-25-55)82(75)61-41-44-68-69(51-61)79(59-38-37-53-21-13-14-30-58(53)49-59)67-43-40-62(83-77(56-26-9-3-10-27-56)47-48-78(83)57-28-11-4-12-29-57)52-70(67)80(68)60-39-42-66-65-33-17-20-36-73(65)81(74(66)50-60)71-34-18-15-31-63(71)64-32-16-19-35-72(64)81/h1-52H. The number of rotatable bonds is 8. The maximum atomic E-state index is 2.58. The third-order valence-electron chi connectivity index (χ3n) is 18.0. The minimum atomic E-state index is -0.513. The summed E-state index contributed by atoms with van der Waals surface area (Å²) in [4.78, 5) is 0. The van der Waals surface area contributed by atoms with Crippen molar-refractivity contribution in [1.82, 2.24) is 9.13 Å². The summed E-state index contributed by atoms with van der Waals surface area (Å²) in [5, 5.41) is 7.17. The van der Waals surface area contributed by atoms with Crippen molar-refractivity contribution < 1.29 is 0 Å². The van der Waals surface area contributed by atoms with Crippen LogP contribution >= 0.6 is 0 Å². The lowest BCUT2D eigenvalue weighted by Crippen LogP contribution is -2.25. The summed E-state index contributed by atoms with van der Waals surface area (Å²) in [6.45, 7) is 0. The lowest BCUT2D eigenvalue weighted by atomic mass is 9.70. The van der Waals surface area contributed by atoms with E-state index in [0.29, 0.717) is 0 Å². The molecule has 2 heteroatoms. The molecule has 0 atom stereocenters. The van der Waals surface area contributed by atoms with E-state index in [1.165, 1.54) is 99.1 Å². The van der Waals surface area contributed by atoms with Crippen LogP contribution in [0.5, 0.6) is 0 Å². The summed E-state index contributed by atoms with van der Waals surface area (Å²) in [6.07, 6.45) is 0. The molecule has 13 aromatic carbocycles. The molecular weight excluding hydrogens is 1000 g/mol. The molecule has 2 aliphatic rings. The summed E-state index contributed by atoms with van der Waals surface area (Å²) >= 11 is 0. The molecule has 386 valence electrons. The van der Waals surface area contributed by atoms with Gasteiger partial charge in [-0.05, 0) is 182 Å². The molecule has 0 unspecified atom stereocenters. The van der Waals surface area contributed by atoms with E-state index in [9.17, 15) is 0 Å². The summed E-state index contributed by atoms with van der Waals surface area (Å²) in [5.74, 6) is 0. The maximum Gasteiger partial charge on any atom is 0.0725 e. The van der Waals surface area contributed by atoms with Gasteiger partial charge in [0.2, 0.25) is 0 Å². The first-order chi connectivity index (χ1) is 41.2. The smallest absolute Gasteiger partial charge is 0.0725 e.